The fourth-order valence-electron chi connectivity index (χ4n) is 2.27. The predicted molar refractivity (Wildman–Crippen MR) is 72.2 cm³/mol. The van der Waals surface area contributed by atoms with Gasteiger partial charge in [0.2, 0.25) is 5.91 Å². The lowest BCUT2D eigenvalue weighted by atomic mass is 10.1. The van der Waals surface area contributed by atoms with E-state index in [2.05, 4.69) is 5.32 Å². The third kappa shape index (κ3) is 4.24. The molecule has 0 aromatic heterocycles. The van der Waals surface area contributed by atoms with E-state index in [0.29, 0.717) is 26.1 Å². The molecule has 1 fully saturated rings. The Balaban J connectivity index is 2.37. The van der Waals surface area contributed by atoms with Crippen LogP contribution >= 0.6 is 0 Å². The van der Waals surface area contributed by atoms with E-state index in [9.17, 15) is 13.2 Å². The van der Waals surface area contributed by atoms with Gasteiger partial charge in [-0.15, -0.1) is 0 Å². The molecule has 1 N–H and O–H groups in total. The van der Waals surface area contributed by atoms with Crippen LogP contribution in [0.25, 0.3) is 0 Å². The van der Waals surface area contributed by atoms with Crippen molar-refractivity contribution in [3.63, 3.8) is 0 Å². The van der Waals surface area contributed by atoms with E-state index in [4.69, 9.17) is 0 Å². The highest BCUT2D eigenvalue weighted by Gasteiger charge is 2.28. The second kappa shape index (κ2) is 6.52. The second-order valence-corrected chi connectivity index (χ2v) is 7.14. The Morgan fingerprint density at radius 3 is 2.44 bits per heavy atom. The zero-order valence-corrected chi connectivity index (χ0v) is 12.3. The molecule has 1 aliphatic rings. The molecule has 1 heterocycles. The Labute approximate surface area is 110 Å². The zero-order valence-electron chi connectivity index (χ0n) is 11.5. The summed E-state index contributed by atoms with van der Waals surface area (Å²) in [6.45, 7) is 7.77. The third-order valence-electron chi connectivity index (χ3n) is 3.48. The number of nitrogens with zero attached hydrogens (tertiary/aromatic N) is 1. The van der Waals surface area contributed by atoms with Crippen molar-refractivity contribution in [2.24, 2.45) is 5.92 Å². The molecule has 2 atom stereocenters. The Hall–Kier alpha value is -0.620. The molecule has 0 aromatic carbocycles. The molecule has 1 aliphatic heterocycles. The van der Waals surface area contributed by atoms with Gasteiger partial charge in [-0.1, -0.05) is 0 Å². The maximum atomic E-state index is 12.0. The number of hydrogen-bond acceptors (Lipinski definition) is 4. The van der Waals surface area contributed by atoms with Gasteiger partial charge in [0, 0.05) is 13.1 Å². The maximum absolute atomic E-state index is 12.0. The summed E-state index contributed by atoms with van der Waals surface area (Å²) in [5, 5.41) is 3.16. The highest BCUT2D eigenvalue weighted by atomic mass is 32.2. The van der Waals surface area contributed by atoms with Gasteiger partial charge in [0.1, 0.15) is 0 Å². The second-order valence-electron chi connectivity index (χ2n) is 4.91. The van der Waals surface area contributed by atoms with Crippen molar-refractivity contribution >= 4 is 15.7 Å². The van der Waals surface area contributed by atoms with Crippen LogP contribution in [0, 0.1) is 5.92 Å². The molecule has 0 bridgehead atoms. The van der Waals surface area contributed by atoms with Crippen LogP contribution in [-0.4, -0.2) is 56.4 Å². The molecule has 18 heavy (non-hydrogen) atoms. The van der Waals surface area contributed by atoms with Crippen molar-refractivity contribution in [3.8, 4) is 0 Å². The van der Waals surface area contributed by atoms with Crippen LogP contribution < -0.4 is 5.32 Å². The summed E-state index contributed by atoms with van der Waals surface area (Å²) in [4.78, 5) is 13.8. The van der Waals surface area contributed by atoms with Crippen molar-refractivity contribution < 1.29 is 13.2 Å². The Bertz CT molecular complexity index is 377. The highest BCUT2D eigenvalue weighted by Crippen LogP contribution is 2.17. The number of nitrogens with one attached hydrogen (secondary N) is 1. The minimum Gasteiger partial charge on any atom is -0.342 e. The molecule has 0 aliphatic carbocycles. The molecule has 0 saturated carbocycles. The van der Waals surface area contributed by atoms with Gasteiger partial charge in [0.05, 0.1) is 17.5 Å². The predicted octanol–water partition coefficient (Wildman–Crippen LogP) is 0.268. The van der Waals surface area contributed by atoms with Gasteiger partial charge < -0.3 is 10.2 Å². The molecule has 6 heteroatoms. The first-order chi connectivity index (χ1) is 8.39. The number of hydrogen-bond donors (Lipinski definition) is 1. The monoisotopic (exact) mass is 276 g/mol. The van der Waals surface area contributed by atoms with Crippen LogP contribution in [0.15, 0.2) is 0 Å². The van der Waals surface area contributed by atoms with E-state index in [1.807, 2.05) is 20.8 Å². The van der Waals surface area contributed by atoms with Crippen LogP contribution in [-0.2, 0) is 14.6 Å². The average molecular weight is 276 g/mol. The van der Waals surface area contributed by atoms with Crippen LogP contribution in [0.3, 0.4) is 0 Å². The van der Waals surface area contributed by atoms with Gasteiger partial charge in [-0.3, -0.25) is 4.79 Å². The van der Waals surface area contributed by atoms with E-state index < -0.39 is 9.84 Å². The van der Waals surface area contributed by atoms with Crippen molar-refractivity contribution in [1.29, 1.82) is 0 Å². The summed E-state index contributed by atoms with van der Waals surface area (Å²) >= 11 is 0. The fraction of sp³-hybridized carbons (Fsp3) is 0.917. The Morgan fingerprint density at radius 2 is 2.00 bits per heavy atom. The SMILES string of the molecule is CCN(CC)C(=O)C(C)NCC1CCS(=O)(=O)C1. The first kappa shape index (κ1) is 15.4. The number of rotatable bonds is 6. The molecule has 0 aromatic rings. The zero-order chi connectivity index (χ0) is 13.8. The molecule has 2 unspecified atom stereocenters. The molecule has 5 nitrogen and oxygen atoms in total. The molecule has 1 rings (SSSR count). The minimum absolute atomic E-state index is 0.0841. The first-order valence-electron chi connectivity index (χ1n) is 6.62. The normalized spacial score (nSPS) is 23.8. The summed E-state index contributed by atoms with van der Waals surface area (Å²) in [6, 6.07) is -0.242. The average Bonchev–Trinajstić information content (AvgIpc) is 2.67. The van der Waals surface area contributed by atoms with Crippen molar-refractivity contribution in [3.05, 3.63) is 0 Å². The number of carbonyl (C=O) groups excluding carboxylic acids is 1. The van der Waals surface area contributed by atoms with Gasteiger partial charge >= 0.3 is 0 Å². The lowest BCUT2D eigenvalue weighted by molar-refractivity contribution is -0.132. The van der Waals surface area contributed by atoms with E-state index in [0.717, 1.165) is 0 Å². The van der Waals surface area contributed by atoms with E-state index >= 15 is 0 Å². The van der Waals surface area contributed by atoms with Crippen LogP contribution in [0.5, 0.6) is 0 Å². The maximum Gasteiger partial charge on any atom is 0.239 e. The van der Waals surface area contributed by atoms with E-state index in [1.54, 1.807) is 4.90 Å². The van der Waals surface area contributed by atoms with Crippen molar-refractivity contribution in [2.75, 3.05) is 31.1 Å². The van der Waals surface area contributed by atoms with Crippen molar-refractivity contribution in [2.45, 2.75) is 33.2 Å². The third-order valence-corrected chi connectivity index (χ3v) is 5.32. The fourth-order valence-corrected chi connectivity index (χ4v) is 4.13. The molecular formula is C12H24N2O3S. The summed E-state index contributed by atoms with van der Waals surface area (Å²) in [7, 11) is -2.82. The molecule has 0 spiro atoms. The van der Waals surface area contributed by atoms with Gasteiger partial charge in [-0.2, -0.15) is 0 Å². The van der Waals surface area contributed by atoms with Gasteiger partial charge in [-0.25, -0.2) is 8.42 Å². The highest BCUT2D eigenvalue weighted by molar-refractivity contribution is 7.91. The molecular weight excluding hydrogens is 252 g/mol. The topological polar surface area (TPSA) is 66.5 Å². The smallest absolute Gasteiger partial charge is 0.239 e. The standard InChI is InChI=1S/C12H24N2O3S/c1-4-14(5-2)12(15)10(3)13-8-11-6-7-18(16,17)9-11/h10-11,13H,4-9H2,1-3H3. The number of likely N-dealkylation sites (N-methyl/N-ethyl adjacent to an activating group) is 1. The summed E-state index contributed by atoms with van der Waals surface area (Å²) in [5.41, 5.74) is 0. The molecule has 1 amide bonds. The largest absolute Gasteiger partial charge is 0.342 e. The minimum atomic E-state index is -2.82. The van der Waals surface area contributed by atoms with E-state index in [1.165, 1.54) is 0 Å². The number of sulfone groups is 1. The Morgan fingerprint density at radius 1 is 1.39 bits per heavy atom. The molecule has 1 saturated heterocycles. The Kier molecular flexibility index (Phi) is 5.59. The first-order valence-corrected chi connectivity index (χ1v) is 8.44. The number of amides is 1. The van der Waals surface area contributed by atoms with Crippen molar-refractivity contribution in [1.82, 2.24) is 10.2 Å². The van der Waals surface area contributed by atoms with E-state index in [-0.39, 0.29) is 29.4 Å². The van der Waals surface area contributed by atoms with Gasteiger partial charge in [0.25, 0.3) is 0 Å². The number of carbonyl (C=O) groups is 1. The van der Waals surface area contributed by atoms with Gasteiger partial charge in [0.15, 0.2) is 9.84 Å². The van der Waals surface area contributed by atoms with Gasteiger partial charge in [-0.05, 0) is 39.7 Å². The summed E-state index contributed by atoms with van der Waals surface area (Å²) in [5.74, 6) is 0.784. The summed E-state index contributed by atoms with van der Waals surface area (Å²) in [6.07, 6.45) is 0.710. The summed E-state index contributed by atoms with van der Waals surface area (Å²) < 4.78 is 22.6. The lowest BCUT2D eigenvalue weighted by Gasteiger charge is -2.24. The van der Waals surface area contributed by atoms with Crippen LogP contribution in [0.4, 0.5) is 0 Å². The molecule has 0 radical (unpaired) electrons. The quantitative estimate of drug-likeness (QED) is 0.756. The lowest BCUT2D eigenvalue weighted by Crippen LogP contribution is -2.46. The molecule has 106 valence electrons. The van der Waals surface area contributed by atoms with Crippen LogP contribution in [0.1, 0.15) is 27.2 Å². The van der Waals surface area contributed by atoms with Crippen LogP contribution in [0.2, 0.25) is 0 Å².